The van der Waals surface area contributed by atoms with Gasteiger partial charge in [0.05, 0.1) is 10.5 Å². The van der Waals surface area contributed by atoms with Gasteiger partial charge in [0.1, 0.15) is 12.4 Å². The number of benzene rings is 3. The van der Waals surface area contributed by atoms with Crippen LogP contribution in [-0.2, 0) is 29.2 Å². The summed E-state index contributed by atoms with van der Waals surface area (Å²) in [7, 11) is -3.55. The highest BCUT2D eigenvalue weighted by molar-refractivity contribution is 7.89. The minimum atomic E-state index is -4.36. The Morgan fingerprint density at radius 3 is 2.00 bits per heavy atom. The van der Waals surface area contributed by atoms with Crippen molar-refractivity contribution in [2.24, 2.45) is 0 Å². The van der Waals surface area contributed by atoms with E-state index in [9.17, 15) is 21.6 Å². The predicted octanol–water partition coefficient (Wildman–Crippen LogP) is 5.11. The number of hydrogen-bond acceptors (Lipinski definition) is 3. The number of aryl methyl sites for hydroxylation is 1. The van der Waals surface area contributed by atoms with Gasteiger partial charge in [-0.2, -0.15) is 13.2 Å². The minimum absolute atomic E-state index is 0.147. The van der Waals surface area contributed by atoms with Crippen molar-refractivity contribution in [3.8, 4) is 5.75 Å². The number of halogens is 3. The molecule has 0 atom stereocenters. The number of nitrogens with one attached hydrogen (secondary N) is 1. The van der Waals surface area contributed by atoms with Crippen molar-refractivity contribution >= 4 is 10.0 Å². The molecule has 3 rings (SSSR count). The zero-order valence-corrected chi connectivity index (χ0v) is 17.6. The van der Waals surface area contributed by atoms with Gasteiger partial charge in [-0.3, -0.25) is 0 Å². The third-order valence-electron chi connectivity index (χ3n) is 4.65. The van der Waals surface area contributed by atoms with Gasteiger partial charge in [-0.15, -0.1) is 0 Å². The second kappa shape index (κ2) is 9.53. The lowest BCUT2D eigenvalue weighted by Gasteiger charge is -2.10. The molecule has 0 saturated carbocycles. The molecule has 0 heterocycles. The topological polar surface area (TPSA) is 55.4 Å². The van der Waals surface area contributed by atoms with E-state index in [-0.39, 0.29) is 18.0 Å². The van der Waals surface area contributed by atoms with Crippen molar-refractivity contribution in [3.63, 3.8) is 0 Å². The Bertz CT molecular complexity index is 1090. The first-order valence-corrected chi connectivity index (χ1v) is 11.1. The predicted molar refractivity (Wildman–Crippen MR) is 112 cm³/mol. The normalized spacial score (nSPS) is 12.0. The van der Waals surface area contributed by atoms with Gasteiger partial charge >= 0.3 is 6.18 Å². The number of hydrogen-bond donors (Lipinski definition) is 1. The van der Waals surface area contributed by atoms with Crippen LogP contribution in [0.15, 0.2) is 77.7 Å². The lowest BCUT2D eigenvalue weighted by molar-refractivity contribution is -0.137. The molecule has 0 saturated heterocycles. The van der Waals surface area contributed by atoms with Crippen LogP contribution in [0.2, 0.25) is 0 Å². The van der Waals surface area contributed by atoms with Crippen LogP contribution in [0.5, 0.6) is 5.75 Å². The lowest BCUT2D eigenvalue weighted by Crippen LogP contribution is -2.25. The Morgan fingerprint density at radius 2 is 1.42 bits per heavy atom. The van der Waals surface area contributed by atoms with Gasteiger partial charge in [-0.1, -0.05) is 42.0 Å². The standard InChI is InChI=1S/C23H22F3NO3S/c1-17-2-12-22(13-3-17)31(28,29)27-15-14-18-6-10-21(11-7-18)30-16-19-4-8-20(9-5-19)23(24,25)26/h2-13,27H,14-16H2,1H3. The Labute approximate surface area is 179 Å². The molecule has 31 heavy (non-hydrogen) atoms. The van der Waals surface area contributed by atoms with Gasteiger partial charge in [0, 0.05) is 6.54 Å². The molecule has 0 amide bonds. The second-order valence-electron chi connectivity index (χ2n) is 7.09. The maximum atomic E-state index is 12.6. The Balaban J connectivity index is 1.48. The molecule has 3 aromatic rings. The van der Waals surface area contributed by atoms with Crippen LogP contribution in [0, 0.1) is 6.92 Å². The molecule has 0 aliphatic rings. The molecular weight excluding hydrogens is 427 g/mol. The van der Waals surface area contributed by atoms with E-state index in [2.05, 4.69) is 4.72 Å². The van der Waals surface area contributed by atoms with Crippen molar-refractivity contribution < 1.29 is 26.3 Å². The summed E-state index contributed by atoms with van der Waals surface area (Å²) < 4.78 is 70.5. The fourth-order valence-corrected chi connectivity index (χ4v) is 3.87. The number of sulfonamides is 1. The molecule has 0 unspecified atom stereocenters. The van der Waals surface area contributed by atoms with Crippen LogP contribution in [0.4, 0.5) is 13.2 Å². The smallest absolute Gasteiger partial charge is 0.416 e. The first-order valence-electron chi connectivity index (χ1n) is 9.58. The summed E-state index contributed by atoms with van der Waals surface area (Å²) in [5.41, 5.74) is 1.84. The molecule has 0 aliphatic heterocycles. The fourth-order valence-electron chi connectivity index (χ4n) is 2.84. The van der Waals surface area contributed by atoms with E-state index in [0.717, 1.165) is 23.3 Å². The summed E-state index contributed by atoms with van der Waals surface area (Å²) in [4.78, 5) is 0.227. The fraction of sp³-hybridized carbons (Fsp3) is 0.217. The number of alkyl halides is 3. The molecule has 0 fully saturated rings. The van der Waals surface area contributed by atoms with Crippen LogP contribution in [0.3, 0.4) is 0 Å². The van der Waals surface area contributed by atoms with E-state index in [4.69, 9.17) is 4.74 Å². The molecule has 8 heteroatoms. The van der Waals surface area contributed by atoms with Crippen molar-refractivity contribution in [1.29, 1.82) is 0 Å². The van der Waals surface area contributed by atoms with E-state index in [1.807, 2.05) is 19.1 Å². The Hall–Kier alpha value is -2.84. The summed E-state index contributed by atoms with van der Waals surface area (Å²) in [6.07, 6.45) is -3.85. The number of rotatable bonds is 8. The third kappa shape index (κ3) is 6.57. The molecule has 0 radical (unpaired) electrons. The van der Waals surface area contributed by atoms with E-state index in [0.29, 0.717) is 17.7 Å². The van der Waals surface area contributed by atoms with Crippen molar-refractivity contribution in [3.05, 3.63) is 95.1 Å². The largest absolute Gasteiger partial charge is 0.489 e. The molecule has 1 N–H and O–H groups in total. The maximum absolute atomic E-state index is 12.6. The van der Waals surface area contributed by atoms with Crippen molar-refractivity contribution in [1.82, 2.24) is 4.72 Å². The average Bonchev–Trinajstić information content (AvgIpc) is 2.73. The Morgan fingerprint density at radius 1 is 0.839 bits per heavy atom. The van der Waals surface area contributed by atoms with Crippen LogP contribution in [0.1, 0.15) is 22.3 Å². The first-order chi connectivity index (χ1) is 14.6. The molecular formula is C23H22F3NO3S. The molecule has 4 nitrogen and oxygen atoms in total. The van der Waals surface area contributed by atoms with Gasteiger partial charge in [0.2, 0.25) is 10.0 Å². The van der Waals surface area contributed by atoms with E-state index < -0.39 is 21.8 Å². The summed E-state index contributed by atoms with van der Waals surface area (Å²) in [5, 5.41) is 0. The molecule has 0 spiro atoms. The van der Waals surface area contributed by atoms with Gasteiger partial charge in [-0.05, 0) is 60.9 Å². The van der Waals surface area contributed by atoms with Gasteiger partial charge < -0.3 is 4.74 Å². The molecule has 3 aromatic carbocycles. The summed E-state index contributed by atoms with van der Waals surface area (Å²) >= 11 is 0. The van der Waals surface area contributed by atoms with Crippen LogP contribution < -0.4 is 9.46 Å². The molecule has 164 valence electrons. The van der Waals surface area contributed by atoms with Crippen LogP contribution >= 0.6 is 0 Å². The zero-order valence-electron chi connectivity index (χ0n) is 16.8. The quantitative estimate of drug-likeness (QED) is 0.520. The zero-order chi connectivity index (χ0) is 22.5. The lowest BCUT2D eigenvalue weighted by atomic mass is 10.1. The van der Waals surface area contributed by atoms with E-state index in [1.54, 1.807) is 36.4 Å². The summed E-state index contributed by atoms with van der Waals surface area (Å²) in [6, 6.07) is 18.6. The van der Waals surface area contributed by atoms with Gasteiger partial charge in [0.25, 0.3) is 0 Å². The minimum Gasteiger partial charge on any atom is -0.489 e. The van der Waals surface area contributed by atoms with Crippen LogP contribution in [0.25, 0.3) is 0 Å². The number of ether oxygens (including phenoxy) is 1. The molecule has 0 bridgehead atoms. The summed E-state index contributed by atoms with van der Waals surface area (Å²) in [5.74, 6) is 0.573. The highest BCUT2D eigenvalue weighted by atomic mass is 32.2. The second-order valence-corrected chi connectivity index (χ2v) is 8.86. The van der Waals surface area contributed by atoms with Crippen molar-refractivity contribution in [2.75, 3.05) is 6.54 Å². The highest BCUT2D eigenvalue weighted by Crippen LogP contribution is 2.29. The maximum Gasteiger partial charge on any atom is 0.416 e. The SMILES string of the molecule is Cc1ccc(S(=O)(=O)NCCc2ccc(OCc3ccc(C(F)(F)F)cc3)cc2)cc1. The monoisotopic (exact) mass is 449 g/mol. The van der Waals surface area contributed by atoms with Crippen LogP contribution in [-0.4, -0.2) is 15.0 Å². The Kier molecular flexibility index (Phi) is 7.02. The molecule has 0 aliphatic carbocycles. The van der Waals surface area contributed by atoms with E-state index in [1.165, 1.54) is 12.1 Å². The van der Waals surface area contributed by atoms with Crippen molar-refractivity contribution in [2.45, 2.75) is 31.0 Å². The van der Waals surface area contributed by atoms with Gasteiger partial charge in [-0.25, -0.2) is 13.1 Å². The average molecular weight is 449 g/mol. The highest BCUT2D eigenvalue weighted by Gasteiger charge is 2.29. The third-order valence-corrected chi connectivity index (χ3v) is 6.12. The summed E-state index contributed by atoms with van der Waals surface area (Å²) in [6.45, 7) is 2.29. The first kappa shape index (κ1) is 22.8. The molecule has 0 aromatic heterocycles. The van der Waals surface area contributed by atoms with E-state index >= 15 is 0 Å². The van der Waals surface area contributed by atoms with Gasteiger partial charge in [0.15, 0.2) is 0 Å².